The monoisotopic (exact) mass is 497 g/mol. The fourth-order valence-electron chi connectivity index (χ4n) is 4.62. The third-order valence-corrected chi connectivity index (χ3v) is 6.73. The van der Waals surface area contributed by atoms with E-state index in [9.17, 15) is 23.6 Å². The van der Waals surface area contributed by atoms with Crippen LogP contribution in [0.2, 0.25) is 0 Å². The summed E-state index contributed by atoms with van der Waals surface area (Å²) >= 11 is 0. The van der Waals surface area contributed by atoms with Gasteiger partial charge in [0.2, 0.25) is 11.8 Å². The third kappa shape index (κ3) is 5.53. The number of nitrogens with one attached hydrogen (secondary N) is 2. The van der Waals surface area contributed by atoms with E-state index in [-0.39, 0.29) is 31.4 Å². The number of amides is 2. The Morgan fingerprint density at radius 2 is 1.83 bits per heavy atom. The van der Waals surface area contributed by atoms with Crippen LogP contribution in [0.4, 0.5) is 14.5 Å². The smallest absolute Gasteiger partial charge is 0.270 e. The molecule has 4 rings (SSSR count). The fraction of sp³-hybridized carbons (Fsp3) is 0.385. The van der Waals surface area contributed by atoms with E-state index < -0.39 is 29.7 Å². The zero-order valence-electron chi connectivity index (χ0n) is 20.4. The molecular formula is C26H29F2N5O3. The van der Waals surface area contributed by atoms with E-state index >= 15 is 0 Å². The maximum atomic E-state index is 13.8. The van der Waals surface area contributed by atoms with Gasteiger partial charge in [0.1, 0.15) is 11.7 Å². The van der Waals surface area contributed by atoms with Gasteiger partial charge in [0.15, 0.2) is 11.9 Å². The summed E-state index contributed by atoms with van der Waals surface area (Å²) in [7, 11) is 1.61. The van der Waals surface area contributed by atoms with Crippen molar-refractivity contribution < 1.29 is 23.1 Å². The number of halogens is 2. The molecular weight excluding hydrogens is 468 g/mol. The van der Waals surface area contributed by atoms with Gasteiger partial charge >= 0.3 is 0 Å². The van der Waals surface area contributed by atoms with Crippen LogP contribution in [-0.4, -0.2) is 33.6 Å². The first kappa shape index (κ1) is 25.3. The van der Waals surface area contributed by atoms with Gasteiger partial charge in [-0.15, -0.1) is 0 Å². The van der Waals surface area contributed by atoms with Gasteiger partial charge in [0.05, 0.1) is 5.56 Å². The van der Waals surface area contributed by atoms with E-state index in [1.165, 1.54) is 23.1 Å². The van der Waals surface area contributed by atoms with E-state index in [0.29, 0.717) is 11.4 Å². The average Bonchev–Trinajstić information content (AvgIpc) is 3.26. The fourth-order valence-corrected chi connectivity index (χ4v) is 4.62. The number of aromatic nitrogens is 3. The molecule has 0 bridgehead atoms. The van der Waals surface area contributed by atoms with Crippen molar-refractivity contribution >= 4 is 17.5 Å². The molecule has 10 heteroatoms. The van der Waals surface area contributed by atoms with Crippen LogP contribution in [0.1, 0.15) is 47.4 Å². The lowest BCUT2D eigenvalue weighted by Crippen LogP contribution is -2.50. The summed E-state index contributed by atoms with van der Waals surface area (Å²) in [5.41, 5.74) is 3.74. The van der Waals surface area contributed by atoms with Crippen molar-refractivity contribution in [1.82, 2.24) is 15.1 Å². The molecule has 1 fully saturated rings. The van der Waals surface area contributed by atoms with Crippen molar-refractivity contribution in [3.63, 3.8) is 0 Å². The van der Waals surface area contributed by atoms with Crippen molar-refractivity contribution in [3.8, 4) is 11.1 Å². The van der Waals surface area contributed by atoms with Gasteiger partial charge in [-0.25, -0.2) is 8.78 Å². The van der Waals surface area contributed by atoms with E-state index in [1.54, 1.807) is 38.2 Å². The van der Waals surface area contributed by atoms with E-state index in [0.717, 1.165) is 21.4 Å². The van der Waals surface area contributed by atoms with E-state index in [4.69, 9.17) is 0 Å². The Balaban J connectivity index is 1.53. The first-order valence-corrected chi connectivity index (χ1v) is 11.8. The lowest BCUT2D eigenvalue weighted by atomic mass is 9.81. The molecule has 1 saturated carbocycles. The van der Waals surface area contributed by atoms with Gasteiger partial charge in [-0.1, -0.05) is 12.1 Å². The van der Waals surface area contributed by atoms with Crippen LogP contribution in [0.25, 0.3) is 11.1 Å². The topological polar surface area (TPSA) is 103 Å². The number of benzene rings is 1. The predicted octanol–water partition coefficient (Wildman–Crippen LogP) is 3.90. The van der Waals surface area contributed by atoms with Gasteiger partial charge in [-0.2, -0.15) is 9.83 Å². The molecule has 0 unspecified atom stereocenters. The highest BCUT2D eigenvalue weighted by molar-refractivity contribution is 6.00. The number of carbonyl (C=O) groups is 2. The normalized spacial score (nSPS) is 16.4. The van der Waals surface area contributed by atoms with Crippen molar-refractivity contribution in [3.05, 3.63) is 71.0 Å². The molecule has 2 aromatic heterocycles. The summed E-state index contributed by atoms with van der Waals surface area (Å²) in [6.07, 6.45) is 2.57. The minimum atomic E-state index is -2.75. The Morgan fingerprint density at radius 3 is 2.44 bits per heavy atom. The number of carbonyl (C=O) groups excluding carboxylic acids is 2. The highest BCUT2D eigenvalue weighted by Gasteiger charge is 2.40. The van der Waals surface area contributed by atoms with Gasteiger partial charge in [0, 0.05) is 44.3 Å². The summed E-state index contributed by atoms with van der Waals surface area (Å²) in [5, 5.41) is 21.6. The molecule has 1 aliphatic rings. The van der Waals surface area contributed by atoms with Gasteiger partial charge < -0.3 is 15.8 Å². The van der Waals surface area contributed by atoms with Crippen LogP contribution in [0.3, 0.4) is 0 Å². The number of anilines is 1. The third-order valence-electron chi connectivity index (χ3n) is 6.73. The molecule has 1 aromatic carbocycles. The maximum Gasteiger partial charge on any atom is 0.270 e. The number of aryl methyl sites for hydroxylation is 2. The molecule has 0 radical (unpaired) electrons. The summed E-state index contributed by atoms with van der Waals surface area (Å²) in [4.78, 5) is 26.1. The Bertz CT molecular complexity index is 1260. The van der Waals surface area contributed by atoms with Gasteiger partial charge in [0.25, 0.3) is 5.91 Å². The highest BCUT2D eigenvalue weighted by atomic mass is 19.3. The van der Waals surface area contributed by atoms with Gasteiger partial charge in [-0.05, 0) is 55.5 Å². The van der Waals surface area contributed by atoms with Crippen molar-refractivity contribution in [2.24, 2.45) is 13.0 Å². The van der Waals surface area contributed by atoms with E-state index in [2.05, 4.69) is 15.7 Å². The average molecular weight is 498 g/mol. The lowest BCUT2D eigenvalue weighted by molar-refractivity contribution is -0.612. The van der Waals surface area contributed by atoms with Crippen LogP contribution in [0.15, 0.2) is 48.8 Å². The SMILES string of the molecule is Cc1cc(-c2ccc(NC(=O)[C@@H](NC(=O)c3ccnn3C)C3CCC(F)(F)CC3)cc2)c(C)[n+]([O-])c1. The van der Waals surface area contributed by atoms with Crippen LogP contribution in [-0.2, 0) is 11.8 Å². The number of hydrogen-bond acceptors (Lipinski definition) is 4. The zero-order valence-corrected chi connectivity index (χ0v) is 20.4. The second kappa shape index (κ2) is 10.0. The molecule has 2 N–H and O–H groups in total. The molecule has 36 heavy (non-hydrogen) atoms. The van der Waals surface area contributed by atoms with Crippen molar-refractivity contribution in [2.75, 3.05) is 5.32 Å². The Morgan fingerprint density at radius 1 is 1.17 bits per heavy atom. The van der Waals surface area contributed by atoms with Crippen LogP contribution >= 0.6 is 0 Å². The molecule has 190 valence electrons. The van der Waals surface area contributed by atoms with Crippen molar-refractivity contribution in [1.29, 1.82) is 0 Å². The number of pyridine rings is 1. The molecule has 0 spiro atoms. The standard InChI is InChI=1S/C26H29F2N5O3/c1-16-14-21(17(2)33(36)15-16)18-4-6-20(7-5-18)30-25(35)23(19-8-11-26(27,28)12-9-19)31-24(34)22-10-13-29-32(22)3/h4-7,10,13-15,19,23H,8-9,11-12H2,1-3H3,(H,30,35)(H,31,34)/t23-/m0/s1. The Kier molecular flexibility index (Phi) is 7.05. The Hall–Kier alpha value is -3.82. The largest absolute Gasteiger partial charge is 0.618 e. The van der Waals surface area contributed by atoms with Crippen LogP contribution in [0, 0.1) is 25.0 Å². The predicted molar refractivity (Wildman–Crippen MR) is 130 cm³/mol. The number of rotatable bonds is 6. The van der Waals surface area contributed by atoms with Crippen molar-refractivity contribution in [2.45, 2.75) is 51.5 Å². The second-order valence-corrected chi connectivity index (χ2v) is 9.39. The first-order valence-electron chi connectivity index (χ1n) is 11.8. The second-order valence-electron chi connectivity index (χ2n) is 9.39. The molecule has 0 saturated heterocycles. The molecule has 8 nitrogen and oxygen atoms in total. The zero-order chi connectivity index (χ0) is 26.0. The number of alkyl halides is 2. The molecule has 2 amide bonds. The maximum absolute atomic E-state index is 13.8. The van der Waals surface area contributed by atoms with Gasteiger partial charge in [-0.3, -0.25) is 14.3 Å². The molecule has 2 heterocycles. The summed E-state index contributed by atoms with van der Waals surface area (Å²) in [6.45, 7) is 3.58. The minimum absolute atomic E-state index is 0.123. The molecule has 1 atom stereocenters. The first-order chi connectivity index (χ1) is 17.0. The summed E-state index contributed by atoms with van der Waals surface area (Å²) in [5.74, 6) is -4.15. The van der Waals surface area contributed by atoms with Crippen LogP contribution in [0.5, 0.6) is 0 Å². The number of hydrogen-bond donors (Lipinski definition) is 2. The minimum Gasteiger partial charge on any atom is -0.618 e. The van der Waals surface area contributed by atoms with Crippen LogP contribution < -0.4 is 15.4 Å². The Labute approximate surface area is 207 Å². The van der Waals surface area contributed by atoms with E-state index in [1.807, 2.05) is 13.0 Å². The summed E-state index contributed by atoms with van der Waals surface area (Å²) in [6, 6.07) is 9.46. The quantitative estimate of drug-likeness (QED) is 0.398. The highest BCUT2D eigenvalue weighted by Crippen LogP contribution is 2.38. The summed E-state index contributed by atoms with van der Waals surface area (Å²) < 4.78 is 29.7. The molecule has 0 aliphatic heterocycles. The molecule has 1 aliphatic carbocycles. The lowest BCUT2D eigenvalue weighted by Gasteiger charge is -2.33. The molecule has 3 aromatic rings. The number of nitrogens with zero attached hydrogens (tertiary/aromatic N) is 3.